The van der Waals surface area contributed by atoms with Crippen molar-refractivity contribution >= 4 is 69.8 Å². The van der Waals surface area contributed by atoms with Crippen LogP contribution < -0.4 is 26.3 Å². The van der Waals surface area contributed by atoms with E-state index in [1.54, 1.807) is 25.1 Å². The van der Waals surface area contributed by atoms with Crippen LogP contribution in [0.15, 0.2) is 48.7 Å². The van der Waals surface area contributed by atoms with Crippen molar-refractivity contribution in [3.63, 3.8) is 0 Å². The molecule has 1 aliphatic heterocycles. The lowest BCUT2D eigenvalue weighted by Crippen LogP contribution is -2.47. The summed E-state index contributed by atoms with van der Waals surface area (Å²) >= 11 is 7.52. The molecule has 0 radical (unpaired) electrons. The number of carbonyl (C=O) groups excluding carboxylic acids is 2. The van der Waals surface area contributed by atoms with Crippen LogP contribution in [0.1, 0.15) is 37.0 Å². The minimum absolute atomic E-state index is 0.257. The molecule has 5 rings (SSSR count). The van der Waals surface area contributed by atoms with Crippen LogP contribution >= 0.6 is 22.9 Å². The third kappa shape index (κ3) is 18.7. The molecule has 0 saturated carbocycles. The zero-order valence-corrected chi connectivity index (χ0v) is 39.5. The van der Waals surface area contributed by atoms with E-state index in [0.29, 0.717) is 148 Å². The monoisotopic (exact) mass is 956 g/mol. The van der Waals surface area contributed by atoms with Gasteiger partial charge in [-0.1, -0.05) is 46.7 Å². The van der Waals surface area contributed by atoms with E-state index in [-0.39, 0.29) is 11.8 Å². The Bertz CT molecular complexity index is 2060. The van der Waals surface area contributed by atoms with Gasteiger partial charge >= 0.3 is 7.12 Å². The number of para-hydroxylation sites is 1. The average Bonchev–Trinajstić information content (AvgIpc) is 3.77. The average molecular weight is 957 g/mol. The van der Waals surface area contributed by atoms with E-state index in [9.17, 15) is 19.6 Å². The van der Waals surface area contributed by atoms with Gasteiger partial charge in [0.05, 0.1) is 109 Å². The van der Waals surface area contributed by atoms with Gasteiger partial charge in [0.2, 0.25) is 0 Å². The van der Waals surface area contributed by atoms with E-state index >= 15 is 0 Å². The number of piperazine rings is 1. The van der Waals surface area contributed by atoms with Crippen LogP contribution in [0.4, 0.5) is 22.5 Å². The van der Waals surface area contributed by atoms with Gasteiger partial charge in [0.25, 0.3) is 11.8 Å². The summed E-state index contributed by atoms with van der Waals surface area (Å²) in [7, 11) is -1.57. The fourth-order valence-electron chi connectivity index (χ4n) is 6.55. The van der Waals surface area contributed by atoms with Crippen molar-refractivity contribution < 1.29 is 52.8 Å². The molecular weight excluding hydrogens is 895 g/mol. The Balaban J connectivity index is 0.777. The summed E-state index contributed by atoms with van der Waals surface area (Å²) < 4.78 is 39.0. The minimum Gasteiger partial charge on any atom is -0.423 e. The number of ether oxygens (including phenoxy) is 7. The first kappa shape index (κ1) is 52.6. The van der Waals surface area contributed by atoms with Crippen molar-refractivity contribution in [1.29, 1.82) is 0 Å². The second-order valence-corrected chi connectivity index (χ2v) is 16.5. The van der Waals surface area contributed by atoms with Gasteiger partial charge in [-0.15, -0.1) is 0 Å². The molecule has 66 heavy (non-hydrogen) atoms. The zero-order valence-electron chi connectivity index (χ0n) is 37.9. The number of rotatable bonds is 31. The van der Waals surface area contributed by atoms with Gasteiger partial charge in [-0.3, -0.25) is 14.5 Å². The smallest absolute Gasteiger partial charge is 0.423 e. The van der Waals surface area contributed by atoms with Crippen LogP contribution in [-0.2, 0) is 33.2 Å². The number of hydrogen-bond donors (Lipinski definition) is 5. The molecule has 0 bridgehead atoms. The number of halogens is 1. The molecular formula is C44H62BClN8O11S. The highest BCUT2D eigenvalue weighted by Gasteiger charge is 2.20. The number of benzene rings is 2. The summed E-state index contributed by atoms with van der Waals surface area (Å²) in [5.41, 5.74) is 2.90. The number of hydrogen-bond acceptors (Lipinski definition) is 18. The van der Waals surface area contributed by atoms with Crippen LogP contribution in [0.2, 0.25) is 5.02 Å². The van der Waals surface area contributed by atoms with E-state index < -0.39 is 7.12 Å². The van der Waals surface area contributed by atoms with Crippen molar-refractivity contribution in [2.24, 2.45) is 0 Å². The maximum absolute atomic E-state index is 12.9. The van der Waals surface area contributed by atoms with Crippen molar-refractivity contribution in [3.05, 3.63) is 81.1 Å². The summed E-state index contributed by atoms with van der Waals surface area (Å²) in [6.07, 6.45) is 1.53. The molecule has 2 aromatic carbocycles. The van der Waals surface area contributed by atoms with Crippen molar-refractivity contribution in [2.75, 3.05) is 147 Å². The van der Waals surface area contributed by atoms with Gasteiger partial charge in [0, 0.05) is 50.9 Å². The number of anilines is 4. The molecule has 1 aliphatic rings. The Hall–Kier alpha value is -4.36. The number of aryl methyl sites for hydroxylation is 3. The number of thiazole rings is 1. The van der Waals surface area contributed by atoms with Crippen molar-refractivity contribution in [3.8, 4) is 0 Å². The van der Waals surface area contributed by atoms with Crippen molar-refractivity contribution in [1.82, 2.24) is 25.2 Å². The highest BCUT2D eigenvalue weighted by Crippen LogP contribution is 2.28. The fraction of sp³-hybridized carbons (Fsp3) is 0.523. The predicted molar refractivity (Wildman–Crippen MR) is 254 cm³/mol. The van der Waals surface area contributed by atoms with E-state index in [0.717, 1.165) is 44.1 Å². The lowest BCUT2D eigenvalue weighted by molar-refractivity contribution is -0.0209. The van der Waals surface area contributed by atoms with E-state index in [4.69, 9.17) is 44.8 Å². The maximum Gasteiger partial charge on any atom is 0.488 e. The van der Waals surface area contributed by atoms with Crippen molar-refractivity contribution in [2.45, 2.75) is 20.8 Å². The number of nitrogens with zero attached hydrogens (tertiary/aromatic N) is 5. The Morgan fingerprint density at radius 3 is 1.89 bits per heavy atom. The fourth-order valence-corrected chi connectivity index (χ4v) is 7.54. The van der Waals surface area contributed by atoms with Crippen LogP contribution in [0.25, 0.3) is 0 Å². The second kappa shape index (κ2) is 29.4. The maximum atomic E-state index is 12.9. The van der Waals surface area contributed by atoms with Crippen LogP contribution in [-0.4, -0.2) is 181 Å². The number of aromatic nitrogens is 3. The molecule has 1 saturated heterocycles. The summed E-state index contributed by atoms with van der Waals surface area (Å²) in [5, 5.41) is 28.5. The molecule has 2 aromatic heterocycles. The van der Waals surface area contributed by atoms with Crippen LogP contribution in [0.5, 0.6) is 0 Å². The zero-order chi connectivity index (χ0) is 46.9. The lowest BCUT2D eigenvalue weighted by Gasteiger charge is -2.35. The highest BCUT2D eigenvalue weighted by atomic mass is 35.5. The predicted octanol–water partition coefficient (Wildman–Crippen LogP) is 2.86. The Kier molecular flexibility index (Phi) is 23.4. The molecule has 5 N–H and O–H groups in total. The largest absolute Gasteiger partial charge is 0.488 e. The Morgan fingerprint density at radius 1 is 0.727 bits per heavy atom. The minimum atomic E-state index is -1.57. The summed E-state index contributed by atoms with van der Waals surface area (Å²) in [6.45, 7) is 16.5. The molecule has 360 valence electrons. The standard InChI is InChI=1S/C44H62BClN8O11S/c1-32-5-4-6-37(46)41(32)52-43(56)38-31-48-44(66-38)51-39-30-40(50-34(3)49-39)54-12-10-53(11-13-54)14-16-60-18-20-62-22-24-64-26-28-65-27-25-63-23-21-61-19-17-59-15-9-47-42(55)35-7-8-36(45(57)58)33(2)29-35/h4-8,29-31,57-58H,9-28H2,1-3H3,(H,47,55)(H,52,56)(H,48,49,50,51). The summed E-state index contributed by atoms with van der Waals surface area (Å²) in [5.74, 6) is 1.55. The quantitative estimate of drug-likeness (QED) is 0.0362. The molecule has 22 heteroatoms. The first-order valence-electron chi connectivity index (χ1n) is 22.0. The molecule has 4 aromatic rings. The summed E-state index contributed by atoms with van der Waals surface area (Å²) in [4.78, 5) is 43.8. The first-order valence-corrected chi connectivity index (χ1v) is 23.2. The van der Waals surface area contributed by atoms with E-state index in [1.807, 2.05) is 32.0 Å². The molecule has 0 unspecified atom stereocenters. The Labute approximate surface area is 395 Å². The lowest BCUT2D eigenvalue weighted by atomic mass is 9.77. The van der Waals surface area contributed by atoms with Crippen LogP contribution in [0, 0.1) is 20.8 Å². The SMILES string of the molecule is Cc1nc(Nc2ncc(C(=O)Nc3c(C)cccc3Cl)s2)cc(N2CCN(CCOCCOCCOCCOCCOCCOCCOCCNC(=O)c3ccc(B(O)O)c(C)c3)CC2)n1. The van der Waals surface area contributed by atoms with Gasteiger partial charge < -0.3 is 64.1 Å². The molecule has 1 fully saturated rings. The first-order chi connectivity index (χ1) is 32.1. The van der Waals surface area contributed by atoms with Gasteiger partial charge in [-0.2, -0.15) is 0 Å². The highest BCUT2D eigenvalue weighted by molar-refractivity contribution is 7.17. The van der Waals surface area contributed by atoms with Crippen LogP contribution in [0.3, 0.4) is 0 Å². The number of nitrogens with one attached hydrogen (secondary N) is 3. The Morgan fingerprint density at radius 2 is 1.32 bits per heavy atom. The third-order valence-corrected chi connectivity index (χ3v) is 11.3. The van der Waals surface area contributed by atoms with Gasteiger partial charge in [-0.05, 0) is 50.0 Å². The van der Waals surface area contributed by atoms with Gasteiger partial charge in [0.15, 0.2) is 5.13 Å². The molecule has 0 spiro atoms. The van der Waals surface area contributed by atoms with E-state index in [2.05, 4.69) is 40.7 Å². The van der Waals surface area contributed by atoms with Gasteiger partial charge in [0.1, 0.15) is 22.3 Å². The third-order valence-electron chi connectivity index (χ3n) is 10.1. The molecule has 2 amide bonds. The topological polar surface area (TPSA) is 220 Å². The molecule has 19 nitrogen and oxygen atoms in total. The van der Waals surface area contributed by atoms with Gasteiger partial charge in [-0.25, -0.2) is 15.0 Å². The molecule has 0 aliphatic carbocycles. The molecule has 0 atom stereocenters. The molecule has 3 heterocycles. The normalized spacial score (nSPS) is 13.0. The number of amides is 2. The second-order valence-electron chi connectivity index (χ2n) is 15.0. The summed E-state index contributed by atoms with van der Waals surface area (Å²) in [6, 6.07) is 12.1. The number of carbonyl (C=O) groups is 2. The van der Waals surface area contributed by atoms with E-state index in [1.165, 1.54) is 23.6 Å².